The summed E-state index contributed by atoms with van der Waals surface area (Å²) in [4.78, 5) is 45.0. The van der Waals surface area contributed by atoms with Gasteiger partial charge >= 0.3 is 23.9 Å². The van der Waals surface area contributed by atoms with Gasteiger partial charge in [0.2, 0.25) is 0 Å². The average Bonchev–Trinajstić information content (AvgIpc) is 3.88. The van der Waals surface area contributed by atoms with Gasteiger partial charge in [-0.2, -0.15) is 0 Å². The summed E-state index contributed by atoms with van der Waals surface area (Å²) in [6, 6.07) is 0. The Balaban J connectivity index is 0.000000341. The molecule has 0 N–H and O–H groups in total. The van der Waals surface area contributed by atoms with E-state index in [0.29, 0.717) is 16.7 Å². The lowest BCUT2D eigenvalue weighted by Crippen LogP contribution is -2.36. The van der Waals surface area contributed by atoms with Gasteiger partial charge in [0.25, 0.3) is 0 Å². The largest absolute Gasteiger partial charge is 0.456 e. The van der Waals surface area contributed by atoms with Gasteiger partial charge in [-0.25, -0.2) is 19.2 Å². The minimum Gasteiger partial charge on any atom is -0.456 e. The second-order valence-corrected chi connectivity index (χ2v) is 15.4. The zero-order valence-corrected chi connectivity index (χ0v) is 33.3. The molecule has 0 aromatic heterocycles. The minimum absolute atomic E-state index is 0.161. The van der Waals surface area contributed by atoms with Crippen LogP contribution in [0.5, 0.6) is 0 Å². The summed E-state index contributed by atoms with van der Waals surface area (Å²) in [6.45, 7) is 27.5. The maximum absolute atomic E-state index is 11.5. The number of rotatable bonds is 11. The van der Waals surface area contributed by atoms with Gasteiger partial charge in [-0.05, 0) is 150 Å². The standard InChI is InChI=1S/C12H20O2.C11H18O2.2C10H16O2/c1-4-12(8-6-5-7-9-12)14-11(13)10(2)3;1-4-11(7-5-6-8-11)13-10(12)9(2)3;1-8(2)9(11)12-10(3)6-4-5-7-10;1-3-9(11)12-10(4-2)7-5-6-8-10/h2,4-9H2,1,3H3;2,4-8H2,1,3H3;1,4-7H2,2-3H3;3H,1,4-8H2,2H3. The van der Waals surface area contributed by atoms with Crippen LogP contribution in [0.15, 0.2) is 49.1 Å². The number of esters is 4. The molecule has 51 heavy (non-hydrogen) atoms. The summed E-state index contributed by atoms with van der Waals surface area (Å²) in [5.74, 6) is -0.990. The van der Waals surface area contributed by atoms with Gasteiger partial charge in [-0.3, -0.25) is 0 Å². The normalized spacial score (nSPS) is 20.2. The van der Waals surface area contributed by atoms with Crippen LogP contribution >= 0.6 is 0 Å². The van der Waals surface area contributed by atoms with Crippen molar-refractivity contribution in [2.24, 2.45) is 0 Å². The van der Waals surface area contributed by atoms with E-state index in [2.05, 4.69) is 47.1 Å². The topological polar surface area (TPSA) is 105 Å². The average molecular weight is 715 g/mol. The Kier molecular flexibility index (Phi) is 19.8. The highest BCUT2D eigenvalue weighted by molar-refractivity contribution is 5.88. The van der Waals surface area contributed by atoms with Crippen molar-refractivity contribution in [1.82, 2.24) is 0 Å². The second kappa shape index (κ2) is 22.0. The Hall–Kier alpha value is -3.16. The van der Waals surface area contributed by atoms with Crippen LogP contribution in [-0.2, 0) is 38.1 Å². The fraction of sp³-hybridized carbons (Fsp3) is 0.721. The third-order valence-corrected chi connectivity index (χ3v) is 10.9. The molecule has 0 aromatic rings. The van der Waals surface area contributed by atoms with E-state index in [1.54, 1.807) is 20.8 Å². The first-order chi connectivity index (χ1) is 23.9. The SMILES string of the molecule is C=C(C)C(=O)OC1(C)CCCC1.C=C(C)C(=O)OC1(CC)CCCC1.C=C(C)C(=O)OC1(CC)CCCCC1.C=CC(=O)OC1(CC)CCCC1. The minimum atomic E-state index is -0.279. The van der Waals surface area contributed by atoms with Gasteiger partial charge in [0, 0.05) is 22.8 Å². The molecule has 0 bridgehead atoms. The lowest BCUT2D eigenvalue weighted by molar-refractivity contribution is -0.159. The zero-order chi connectivity index (χ0) is 38.7. The molecule has 0 spiro atoms. The molecule has 0 aromatic carbocycles. The Morgan fingerprint density at radius 2 is 0.765 bits per heavy atom. The highest BCUT2D eigenvalue weighted by Crippen LogP contribution is 2.38. The molecule has 8 nitrogen and oxygen atoms in total. The van der Waals surface area contributed by atoms with Crippen LogP contribution in [-0.4, -0.2) is 46.3 Å². The number of hydrogen-bond donors (Lipinski definition) is 0. The van der Waals surface area contributed by atoms with E-state index >= 15 is 0 Å². The molecule has 0 unspecified atom stereocenters. The summed E-state index contributed by atoms with van der Waals surface area (Å²) < 4.78 is 21.7. The van der Waals surface area contributed by atoms with Crippen molar-refractivity contribution in [2.75, 3.05) is 0 Å². The quantitative estimate of drug-likeness (QED) is 0.118. The van der Waals surface area contributed by atoms with E-state index in [-0.39, 0.29) is 46.3 Å². The van der Waals surface area contributed by atoms with Gasteiger partial charge < -0.3 is 18.9 Å². The van der Waals surface area contributed by atoms with Crippen LogP contribution in [0.25, 0.3) is 0 Å². The van der Waals surface area contributed by atoms with Crippen molar-refractivity contribution < 1.29 is 38.1 Å². The molecule has 0 amide bonds. The lowest BCUT2D eigenvalue weighted by Gasteiger charge is -2.36. The Labute approximate surface area is 309 Å². The molecule has 4 saturated carbocycles. The molecular formula is C43H70O8. The molecule has 0 radical (unpaired) electrons. The van der Waals surface area contributed by atoms with Crippen LogP contribution in [0.3, 0.4) is 0 Å². The maximum Gasteiger partial charge on any atom is 0.333 e. The van der Waals surface area contributed by atoms with Gasteiger partial charge in [0.05, 0.1) is 0 Å². The molecule has 0 atom stereocenters. The van der Waals surface area contributed by atoms with Gasteiger partial charge in [0.15, 0.2) is 0 Å². The van der Waals surface area contributed by atoms with Crippen molar-refractivity contribution in [2.45, 2.75) is 199 Å². The first-order valence-electron chi connectivity index (χ1n) is 19.5. The first kappa shape index (κ1) is 45.9. The van der Waals surface area contributed by atoms with E-state index in [4.69, 9.17) is 18.9 Å². The predicted octanol–water partition coefficient (Wildman–Crippen LogP) is 10.9. The zero-order valence-electron chi connectivity index (χ0n) is 33.3. The third kappa shape index (κ3) is 16.0. The monoisotopic (exact) mass is 715 g/mol. The van der Waals surface area contributed by atoms with E-state index < -0.39 is 0 Å². The van der Waals surface area contributed by atoms with Crippen molar-refractivity contribution >= 4 is 23.9 Å². The Morgan fingerprint density at radius 3 is 1.06 bits per heavy atom. The molecule has 4 aliphatic rings. The first-order valence-corrected chi connectivity index (χ1v) is 19.5. The Morgan fingerprint density at radius 1 is 0.490 bits per heavy atom. The summed E-state index contributed by atoms with van der Waals surface area (Å²) in [6.07, 6.45) is 22.8. The van der Waals surface area contributed by atoms with E-state index in [1.807, 2.05) is 6.92 Å². The molecule has 290 valence electrons. The summed E-state index contributed by atoms with van der Waals surface area (Å²) in [5, 5.41) is 0. The van der Waals surface area contributed by atoms with Crippen molar-refractivity contribution in [3.05, 3.63) is 49.1 Å². The van der Waals surface area contributed by atoms with Crippen LogP contribution in [0.2, 0.25) is 0 Å². The fourth-order valence-electron chi connectivity index (χ4n) is 7.18. The van der Waals surface area contributed by atoms with Crippen molar-refractivity contribution in [3.8, 4) is 0 Å². The summed E-state index contributed by atoms with van der Waals surface area (Å²) in [7, 11) is 0. The molecule has 0 heterocycles. The van der Waals surface area contributed by atoms with Gasteiger partial charge in [-0.1, -0.05) is 53.5 Å². The molecule has 4 fully saturated rings. The van der Waals surface area contributed by atoms with Gasteiger partial charge in [-0.15, -0.1) is 0 Å². The number of carbonyl (C=O) groups is 4. The molecule has 0 aliphatic heterocycles. The predicted molar refractivity (Wildman–Crippen MR) is 205 cm³/mol. The third-order valence-electron chi connectivity index (χ3n) is 10.9. The summed E-state index contributed by atoms with van der Waals surface area (Å²) in [5.41, 5.74) is 0.761. The fourth-order valence-corrected chi connectivity index (χ4v) is 7.18. The van der Waals surface area contributed by atoms with Crippen LogP contribution in [0, 0.1) is 0 Å². The lowest BCUT2D eigenvalue weighted by atomic mass is 9.82. The highest BCUT2D eigenvalue weighted by atomic mass is 16.6. The van der Waals surface area contributed by atoms with Gasteiger partial charge in [0.1, 0.15) is 22.4 Å². The van der Waals surface area contributed by atoms with E-state index in [0.717, 1.165) is 70.6 Å². The number of carbonyl (C=O) groups excluding carboxylic acids is 4. The molecule has 8 heteroatoms. The summed E-state index contributed by atoms with van der Waals surface area (Å²) >= 11 is 0. The van der Waals surface area contributed by atoms with Crippen LogP contribution in [0.1, 0.15) is 177 Å². The molecular weight excluding hydrogens is 644 g/mol. The Bertz CT molecular complexity index is 1190. The van der Waals surface area contributed by atoms with Crippen molar-refractivity contribution in [3.63, 3.8) is 0 Å². The van der Waals surface area contributed by atoms with Crippen molar-refractivity contribution in [1.29, 1.82) is 0 Å². The van der Waals surface area contributed by atoms with E-state index in [1.165, 1.54) is 63.9 Å². The molecule has 0 saturated heterocycles. The van der Waals surface area contributed by atoms with Crippen LogP contribution in [0.4, 0.5) is 0 Å². The molecule has 4 aliphatic carbocycles. The maximum atomic E-state index is 11.5. The molecule has 4 rings (SSSR count). The number of ether oxygens (including phenoxy) is 4. The smallest absolute Gasteiger partial charge is 0.333 e. The number of hydrogen-bond acceptors (Lipinski definition) is 8. The van der Waals surface area contributed by atoms with Crippen LogP contribution < -0.4 is 0 Å². The second-order valence-electron chi connectivity index (χ2n) is 15.4. The van der Waals surface area contributed by atoms with E-state index in [9.17, 15) is 19.2 Å². The highest BCUT2D eigenvalue weighted by Gasteiger charge is 2.37.